The number of nitrogens with one attached hydrogen (secondary N) is 1. The summed E-state index contributed by atoms with van der Waals surface area (Å²) >= 11 is 0. The molecule has 1 saturated heterocycles. The van der Waals surface area contributed by atoms with Gasteiger partial charge in [0, 0.05) is 18.8 Å². The lowest BCUT2D eigenvalue weighted by Crippen LogP contribution is -2.32. The van der Waals surface area contributed by atoms with Gasteiger partial charge >= 0.3 is 5.69 Å². The average molecular weight is 354 g/mol. The average Bonchev–Trinajstić information content (AvgIpc) is 3.05. The lowest BCUT2D eigenvalue weighted by molar-refractivity contribution is 0.391. The molecule has 1 N–H and O–H groups in total. The predicted molar refractivity (Wildman–Crippen MR) is 94.9 cm³/mol. The van der Waals surface area contributed by atoms with E-state index in [1.54, 1.807) is 15.3 Å². The maximum Gasteiger partial charge on any atom is 0.343 e. The number of aromatic amines is 1. The molecule has 0 spiro atoms. The Bertz CT molecular complexity index is 998. The molecule has 136 valence electrons. The fourth-order valence-corrected chi connectivity index (χ4v) is 4.39. The van der Waals surface area contributed by atoms with Crippen molar-refractivity contribution in [2.45, 2.75) is 45.2 Å². The Morgan fingerprint density at radius 2 is 2.08 bits per heavy atom. The van der Waals surface area contributed by atoms with Crippen LogP contribution in [0.15, 0.2) is 23.4 Å². The molecule has 2 atom stereocenters. The summed E-state index contributed by atoms with van der Waals surface area (Å²) in [5.74, 6) is 3.57. The Balaban J connectivity index is 1.66. The highest BCUT2D eigenvalue weighted by Gasteiger charge is 2.47. The molecule has 0 radical (unpaired) electrons. The summed E-state index contributed by atoms with van der Waals surface area (Å²) in [4.78, 5) is 23.1. The van der Waals surface area contributed by atoms with Gasteiger partial charge in [0.2, 0.25) is 0 Å². The van der Waals surface area contributed by atoms with E-state index in [1.807, 2.05) is 19.9 Å². The van der Waals surface area contributed by atoms with E-state index in [0.29, 0.717) is 17.6 Å². The zero-order chi connectivity index (χ0) is 17.8. The maximum atomic E-state index is 12.3. The molecule has 0 aromatic carbocycles. The molecule has 5 rings (SSSR count). The molecular weight excluding hydrogens is 332 g/mol. The van der Waals surface area contributed by atoms with Crippen molar-refractivity contribution in [3.05, 3.63) is 34.9 Å². The van der Waals surface area contributed by atoms with Gasteiger partial charge in [-0.1, -0.05) is 0 Å². The second-order valence-electron chi connectivity index (χ2n) is 7.55. The topological polar surface area (TPSA) is 97.0 Å². The molecule has 26 heavy (non-hydrogen) atoms. The van der Waals surface area contributed by atoms with Crippen LogP contribution in [-0.2, 0) is 0 Å². The van der Waals surface area contributed by atoms with Crippen LogP contribution in [0.5, 0.6) is 0 Å². The van der Waals surface area contributed by atoms with Gasteiger partial charge in [-0.25, -0.2) is 14.9 Å². The van der Waals surface area contributed by atoms with Gasteiger partial charge in [0.1, 0.15) is 12.1 Å². The molecular formula is C17H22N8O. The minimum Gasteiger partial charge on any atom is -0.346 e. The van der Waals surface area contributed by atoms with Gasteiger partial charge in [-0.3, -0.25) is 4.57 Å². The van der Waals surface area contributed by atoms with Gasteiger partial charge in [0.15, 0.2) is 5.82 Å². The molecule has 3 aromatic rings. The van der Waals surface area contributed by atoms with Crippen LogP contribution in [0.4, 0.5) is 5.82 Å². The molecule has 4 heterocycles. The number of hydrogen-bond donors (Lipinski definition) is 1. The summed E-state index contributed by atoms with van der Waals surface area (Å²) in [7, 11) is 0. The summed E-state index contributed by atoms with van der Waals surface area (Å²) in [5, 5.41) is 11.5. The fraction of sp³-hybridized carbons (Fsp3) is 0.588. The highest BCUT2D eigenvalue weighted by Crippen LogP contribution is 2.51. The van der Waals surface area contributed by atoms with E-state index in [-0.39, 0.29) is 17.8 Å². The quantitative estimate of drug-likeness (QED) is 0.764. The lowest BCUT2D eigenvalue weighted by Gasteiger charge is -2.30. The molecule has 2 fully saturated rings. The van der Waals surface area contributed by atoms with E-state index in [1.165, 1.54) is 19.2 Å². The first-order valence-corrected chi connectivity index (χ1v) is 9.23. The van der Waals surface area contributed by atoms with Crippen molar-refractivity contribution in [1.82, 2.24) is 34.3 Å². The number of fused-ring (bicyclic) bond motifs is 1. The molecule has 1 aliphatic carbocycles. The Labute approximate surface area is 150 Å². The van der Waals surface area contributed by atoms with Crippen molar-refractivity contribution < 1.29 is 0 Å². The summed E-state index contributed by atoms with van der Waals surface area (Å²) < 4.78 is 3.56. The fourth-order valence-electron chi connectivity index (χ4n) is 4.39. The van der Waals surface area contributed by atoms with E-state index in [4.69, 9.17) is 0 Å². The Kier molecular flexibility index (Phi) is 3.38. The number of nitrogens with zero attached hydrogens (tertiary/aromatic N) is 7. The summed E-state index contributed by atoms with van der Waals surface area (Å²) in [6, 6.07) is 2.08. The minimum atomic E-state index is -0.142. The summed E-state index contributed by atoms with van der Waals surface area (Å²) in [6.45, 7) is 4.95. The normalized spacial score (nSPS) is 23.4. The van der Waals surface area contributed by atoms with Crippen LogP contribution >= 0.6 is 0 Å². The third-order valence-electron chi connectivity index (χ3n) is 5.64. The summed E-state index contributed by atoms with van der Waals surface area (Å²) in [5.41, 5.74) is -0.142. The first-order valence-electron chi connectivity index (χ1n) is 9.23. The number of hydrogen-bond acceptors (Lipinski definition) is 6. The van der Waals surface area contributed by atoms with Crippen LogP contribution in [0, 0.1) is 11.8 Å². The zero-order valence-electron chi connectivity index (χ0n) is 14.9. The molecule has 0 bridgehead atoms. The number of anilines is 1. The van der Waals surface area contributed by atoms with Crippen molar-refractivity contribution in [3.8, 4) is 0 Å². The minimum absolute atomic E-state index is 0.0543. The van der Waals surface area contributed by atoms with E-state index in [9.17, 15) is 4.79 Å². The van der Waals surface area contributed by atoms with Crippen LogP contribution in [0.3, 0.4) is 0 Å². The molecule has 9 heteroatoms. The molecule has 9 nitrogen and oxygen atoms in total. The molecule has 1 saturated carbocycles. The van der Waals surface area contributed by atoms with Crippen LogP contribution in [-0.4, -0.2) is 40.9 Å². The molecule has 1 aliphatic heterocycles. The number of aromatic nitrogens is 7. The zero-order valence-corrected chi connectivity index (χ0v) is 14.9. The Hall–Kier alpha value is -2.71. The second kappa shape index (κ2) is 5.65. The number of H-pyrrole nitrogens is 1. The van der Waals surface area contributed by atoms with Crippen molar-refractivity contribution in [1.29, 1.82) is 0 Å². The van der Waals surface area contributed by atoms with Crippen LogP contribution in [0.2, 0.25) is 0 Å². The van der Waals surface area contributed by atoms with Gasteiger partial charge in [0.05, 0.1) is 6.04 Å². The van der Waals surface area contributed by atoms with Crippen LogP contribution < -0.4 is 10.6 Å². The largest absolute Gasteiger partial charge is 0.346 e. The van der Waals surface area contributed by atoms with Gasteiger partial charge in [-0.15, -0.1) is 0 Å². The van der Waals surface area contributed by atoms with Gasteiger partial charge in [0.25, 0.3) is 5.78 Å². The highest BCUT2D eigenvalue weighted by molar-refractivity contribution is 5.48. The van der Waals surface area contributed by atoms with Gasteiger partial charge in [-0.2, -0.15) is 19.7 Å². The molecule has 3 aromatic heterocycles. The first-order chi connectivity index (χ1) is 12.6. The maximum absolute atomic E-state index is 12.3. The van der Waals surface area contributed by atoms with Crippen LogP contribution in [0.25, 0.3) is 5.78 Å². The molecule has 2 unspecified atom stereocenters. The number of rotatable bonds is 4. The smallest absolute Gasteiger partial charge is 0.343 e. The molecule has 2 aliphatic rings. The first kappa shape index (κ1) is 15.5. The van der Waals surface area contributed by atoms with E-state index >= 15 is 0 Å². The highest BCUT2D eigenvalue weighted by atomic mass is 16.1. The predicted octanol–water partition coefficient (Wildman–Crippen LogP) is 1.57. The van der Waals surface area contributed by atoms with E-state index in [2.05, 4.69) is 30.2 Å². The van der Waals surface area contributed by atoms with Gasteiger partial charge in [-0.05, 0) is 51.0 Å². The van der Waals surface area contributed by atoms with Crippen molar-refractivity contribution >= 4 is 11.6 Å². The van der Waals surface area contributed by atoms with E-state index in [0.717, 1.165) is 24.6 Å². The van der Waals surface area contributed by atoms with Crippen molar-refractivity contribution in [2.24, 2.45) is 11.8 Å². The molecule has 0 amide bonds. The second-order valence-corrected chi connectivity index (χ2v) is 7.55. The Morgan fingerprint density at radius 3 is 2.85 bits per heavy atom. The SMILES string of the molecule is CC(C)n1c(C2C(C3CC3)CCN2c2ccnc3ncnn23)n[nH]c1=O. The van der Waals surface area contributed by atoms with Crippen LogP contribution in [0.1, 0.15) is 51.0 Å². The van der Waals surface area contributed by atoms with Gasteiger partial charge < -0.3 is 4.90 Å². The standard InChI is InChI=1S/C17H22N8O/c1-10(2)24-15(21-22-17(24)26)14-12(11-3-4-11)6-8-23(14)13-5-7-18-16-19-9-20-25(13)16/h5,7,9-12,14H,3-4,6,8H2,1-2H3,(H,22,26). The summed E-state index contributed by atoms with van der Waals surface area (Å²) in [6.07, 6.45) is 6.91. The lowest BCUT2D eigenvalue weighted by atomic mass is 9.94. The monoisotopic (exact) mass is 354 g/mol. The third kappa shape index (κ3) is 2.26. The Morgan fingerprint density at radius 1 is 1.23 bits per heavy atom. The third-order valence-corrected chi connectivity index (χ3v) is 5.64. The van der Waals surface area contributed by atoms with Crippen molar-refractivity contribution in [2.75, 3.05) is 11.4 Å². The van der Waals surface area contributed by atoms with E-state index < -0.39 is 0 Å². The van der Waals surface area contributed by atoms with Crippen molar-refractivity contribution in [3.63, 3.8) is 0 Å².